The number of urea groups is 1. The van der Waals surface area contributed by atoms with Crippen molar-refractivity contribution in [3.63, 3.8) is 0 Å². The number of nitrogens with zero attached hydrogens (tertiary/aromatic N) is 2. The molecule has 0 spiro atoms. The van der Waals surface area contributed by atoms with Crippen molar-refractivity contribution in [3.8, 4) is 5.75 Å². The van der Waals surface area contributed by atoms with Crippen molar-refractivity contribution in [2.24, 2.45) is 7.05 Å². The van der Waals surface area contributed by atoms with Crippen LogP contribution in [0.25, 0.3) is 0 Å². The summed E-state index contributed by atoms with van der Waals surface area (Å²) >= 11 is 3.44. The van der Waals surface area contributed by atoms with Crippen LogP contribution in [0, 0.1) is 0 Å². The van der Waals surface area contributed by atoms with Crippen molar-refractivity contribution in [3.05, 3.63) is 27.1 Å². The van der Waals surface area contributed by atoms with E-state index in [9.17, 15) is 9.59 Å². The Kier molecular flexibility index (Phi) is 4.42. The number of amides is 2. The number of ether oxygens (including phenoxy) is 1. The van der Waals surface area contributed by atoms with Gasteiger partial charge in [0.15, 0.2) is 0 Å². The first-order chi connectivity index (χ1) is 10.5. The molecule has 3 rings (SSSR count). The topological polar surface area (TPSA) is 63.6 Å². The zero-order valence-electron chi connectivity index (χ0n) is 12.5. The van der Waals surface area contributed by atoms with Crippen molar-refractivity contribution >= 4 is 22.0 Å². The van der Waals surface area contributed by atoms with Crippen molar-refractivity contribution in [2.45, 2.75) is 37.8 Å². The van der Waals surface area contributed by atoms with E-state index in [1.165, 1.54) is 10.6 Å². The quantitative estimate of drug-likeness (QED) is 0.884. The van der Waals surface area contributed by atoms with E-state index in [4.69, 9.17) is 4.74 Å². The van der Waals surface area contributed by atoms with E-state index in [-0.39, 0.29) is 17.7 Å². The van der Waals surface area contributed by atoms with Gasteiger partial charge in [-0.3, -0.25) is 4.79 Å². The summed E-state index contributed by atoms with van der Waals surface area (Å²) in [5.74, 6) is 0.602. The van der Waals surface area contributed by atoms with Gasteiger partial charge >= 0.3 is 6.03 Å². The summed E-state index contributed by atoms with van der Waals surface area (Å²) in [6.07, 6.45) is 5.51. The predicted octanol–water partition coefficient (Wildman–Crippen LogP) is 1.86. The maximum Gasteiger partial charge on any atom is 0.317 e. The molecule has 2 heterocycles. The summed E-state index contributed by atoms with van der Waals surface area (Å²) in [5, 5.41) is 2.85. The summed E-state index contributed by atoms with van der Waals surface area (Å²) in [4.78, 5) is 25.3. The molecule has 1 aromatic heterocycles. The number of halogens is 1. The highest BCUT2D eigenvalue weighted by Gasteiger charge is 2.32. The molecular formula is C15H20BrN3O3. The van der Waals surface area contributed by atoms with Crippen LogP contribution in [0.1, 0.15) is 25.7 Å². The van der Waals surface area contributed by atoms with Crippen LogP contribution >= 0.6 is 15.9 Å². The molecule has 2 aliphatic rings. The number of carbonyl (C=O) groups is 1. The van der Waals surface area contributed by atoms with Gasteiger partial charge in [-0.25, -0.2) is 4.79 Å². The van der Waals surface area contributed by atoms with Crippen molar-refractivity contribution in [1.29, 1.82) is 0 Å². The summed E-state index contributed by atoms with van der Waals surface area (Å²) in [7, 11) is 1.71. The Labute approximate surface area is 137 Å². The number of aromatic nitrogens is 1. The van der Waals surface area contributed by atoms with Gasteiger partial charge in [-0.15, -0.1) is 0 Å². The molecular weight excluding hydrogens is 350 g/mol. The average Bonchev–Trinajstić information content (AvgIpc) is 2.92. The van der Waals surface area contributed by atoms with Crippen LogP contribution < -0.4 is 15.6 Å². The number of carbonyl (C=O) groups excluding carboxylic acids is 1. The molecule has 22 heavy (non-hydrogen) atoms. The highest BCUT2D eigenvalue weighted by molar-refractivity contribution is 9.10. The van der Waals surface area contributed by atoms with Crippen LogP contribution in [0.5, 0.6) is 5.75 Å². The first-order valence-corrected chi connectivity index (χ1v) is 8.41. The summed E-state index contributed by atoms with van der Waals surface area (Å²) in [6.45, 7) is 1.55. The summed E-state index contributed by atoms with van der Waals surface area (Å²) < 4.78 is 8.28. The molecule has 1 aliphatic carbocycles. The zero-order valence-corrected chi connectivity index (χ0v) is 14.1. The molecule has 0 radical (unpaired) electrons. The van der Waals surface area contributed by atoms with Crippen molar-refractivity contribution in [2.75, 3.05) is 13.1 Å². The Morgan fingerprint density at radius 3 is 2.64 bits per heavy atom. The van der Waals surface area contributed by atoms with Gasteiger partial charge in [0.25, 0.3) is 5.56 Å². The van der Waals surface area contributed by atoms with Gasteiger partial charge in [0.1, 0.15) is 5.75 Å². The highest BCUT2D eigenvalue weighted by atomic mass is 79.9. The number of hydrogen-bond donors (Lipinski definition) is 1. The molecule has 1 aliphatic heterocycles. The second kappa shape index (κ2) is 6.32. The molecule has 6 nitrogen and oxygen atoms in total. The van der Waals surface area contributed by atoms with E-state index < -0.39 is 0 Å². The Morgan fingerprint density at radius 2 is 2.00 bits per heavy atom. The average molecular weight is 370 g/mol. The van der Waals surface area contributed by atoms with E-state index in [0.29, 0.717) is 11.8 Å². The zero-order chi connectivity index (χ0) is 15.7. The van der Waals surface area contributed by atoms with E-state index in [0.717, 1.165) is 43.2 Å². The molecule has 7 heteroatoms. The lowest BCUT2D eigenvalue weighted by Crippen LogP contribution is -2.41. The lowest BCUT2D eigenvalue weighted by atomic mass is 9.92. The Hall–Kier alpha value is -1.50. The predicted molar refractivity (Wildman–Crippen MR) is 86.2 cm³/mol. The smallest absolute Gasteiger partial charge is 0.317 e. The van der Waals surface area contributed by atoms with Gasteiger partial charge in [-0.1, -0.05) is 0 Å². The van der Waals surface area contributed by atoms with Crippen molar-refractivity contribution in [1.82, 2.24) is 14.8 Å². The maximum atomic E-state index is 11.7. The number of hydrogen-bond acceptors (Lipinski definition) is 3. The van der Waals surface area contributed by atoms with Crippen LogP contribution in [0.15, 0.2) is 21.5 Å². The van der Waals surface area contributed by atoms with Crippen LogP contribution in [0.4, 0.5) is 4.79 Å². The normalized spacial score (nSPS) is 25.2. The monoisotopic (exact) mass is 369 g/mol. The third-order valence-electron chi connectivity index (χ3n) is 4.41. The Balaban J connectivity index is 1.59. The van der Waals surface area contributed by atoms with Gasteiger partial charge in [0, 0.05) is 38.4 Å². The van der Waals surface area contributed by atoms with Crippen LogP contribution in [0.3, 0.4) is 0 Å². The second-order valence-electron chi connectivity index (χ2n) is 5.91. The van der Waals surface area contributed by atoms with Gasteiger partial charge in [0.2, 0.25) is 0 Å². The highest BCUT2D eigenvalue weighted by Crippen LogP contribution is 2.30. The third-order valence-corrected chi connectivity index (χ3v) is 5.01. The van der Waals surface area contributed by atoms with Gasteiger partial charge in [-0.2, -0.15) is 0 Å². The first-order valence-electron chi connectivity index (χ1n) is 7.62. The van der Waals surface area contributed by atoms with E-state index >= 15 is 0 Å². The first kappa shape index (κ1) is 15.4. The third kappa shape index (κ3) is 3.14. The number of aryl methyl sites for hydroxylation is 1. The molecule has 1 aromatic rings. The SMILES string of the molecule is Cn1cc(Br)c(OC2CCC(N3CCNC3=O)CC2)cc1=O. The maximum absolute atomic E-state index is 11.7. The standard InChI is InChI=1S/C15H20BrN3O3/c1-18-9-12(16)13(8-14(18)20)22-11-4-2-10(3-5-11)19-7-6-17-15(19)21/h8-11H,2-7H2,1H3,(H,17,21). The Bertz CT molecular complexity index is 623. The summed E-state index contributed by atoms with van der Waals surface area (Å²) in [6, 6.07) is 1.89. The molecule has 2 amide bonds. The summed E-state index contributed by atoms with van der Waals surface area (Å²) in [5.41, 5.74) is -0.0828. The van der Waals surface area contributed by atoms with Gasteiger partial charge in [0.05, 0.1) is 10.6 Å². The number of nitrogens with one attached hydrogen (secondary N) is 1. The number of pyridine rings is 1. The molecule has 1 N–H and O–H groups in total. The fraction of sp³-hybridized carbons (Fsp3) is 0.600. The fourth-order valence-corrected chi connectivity index (χ4v) is 3.67. The Morgan fingerprint density at radius 1 is 1.27 bits per heavy atom. The minimum atomic E-state index is -0.0828. The minimum Gasteiger partial charge on any atom is -0.489 e. The number of rotatable bonds is 3. The molecule has 1 saturated carbocycles. The van der Waals surface area contributed by atoms with Crippen LogP contribution in [0.2, 0.25) is 0 Å². The van der Waals surface area contributed by atoms with Crippen LogP contribution in [-0.2, 0) is 7.05 Å². The van der Waals surface area contributed by atoms with Gasteiger partial charge < -0.3 is 19.5 Å². The van der Waals surface area contributed by atoms with Crippen molar-refractivity contribution < 1.29 is 9.53 Å². The molecule has 0 bridgehead atoms. The van der Waals surface area contributed by atoms with Crippen LogP contribution in [-0.4, -0.2) is 40.7 Å². The largest absolute Gasteiger partial charge is 0.489 e. The molecule has 0 unspecified atom stereocenters. The second-order valence-corrected chi connectivity index (χ2v) is 6.76. The lowest BCUT2D eigenvalue weighted by Gasteiger charge is -2.34. The molecule has 0 atom stereocenters. The van der Waals surface area contributed by atoms with E-state index in [1.807, 2.05) is 4.90 Å². The molecule has 120 valence electrons. The van der Waals surface area contributed by atoms with Gasteiger partial charge in [-0.05, 0) is 41.6 Å². The lowest BCUT2D eigenvalue weighted by molar-refractivity contribution is 0.108. The minimum absolute atomic E-state index is 0.0543. The molecule has 2 fully saturated rings. The van der Waals surface area contributed by atoms with E-state index in [1.54, 1.807) is 13.2 Å². The molecule has 0 aromatic carbocycles. The van der Waals surface area contributed by atoms with E-state index in [2.05, 4.69) is 21.2 Å². The molecule has 1 saturated heterocycles. The fourth-order valence-electron chi connectivity index (χ4n) is 3.16.